The molecule has 0 atom stereocenters. The second-order valence-corrected chi connectivity index (χ2v) is 5.37. The molecule has 0 amide bonds. The van der Waals surface area contributed by atoms with Gasteiger partial charge in [0.25, 0.3) is 0 Å². The van der Waals surface area contributed by atoms with E-state index in [9.17, 15) is 0 Å². The summed E-state index contributed by atoms with van der Waals surface area (Å²) in [7, 11) is 1.58. The molecule has 0 spiro atoms. The molecule has 2 aromatic rings. The summed E-state index contributed by atoms with van der Waals surface area (Å²) in [5.41, 5.74) is 3.90. The van der Waals surface area contributed by atoms with Gasteiger partial charge >= 0.3 is 0 Å². The number of ether oxygens (including phenoxy) is 1. The van der Waals surface area contributed by atoms with E-state index in [0.717, 1.165) is 15.7 Å². The van der Waals surface area contributed by atoms with Gasteiger partial charge in [-0.25, -0.2) is 0 Å². The number of aryl methyl sites for hydroxylation is 1. The van der Waals surface area contributed by atoms with Crippen LogP contribution < -0.4 is 10.1 Å². The molecule has 0 saturated carbocycles. The van der Waals surface area contributed by atoms with Crippen LogP contribution in [-0.2, 0) is 6.54 Å². The maximum atomic E-state index is 8.96. The zero-order valence-corrected chi connectivity index (χ0v) is 13.0. The smallest absolute Gasteiger partial charge is 0.136 e. The molecule has 0 aliphatic heterocycles. The predicted octanol–water partition coefficient (Wildman–Crippen LogP) is 4.25. The van der Waals surface area contributed by atoms with Gasteiger partial charge in [-0.2, -0.15) is 5.26 Å². The van der Waals surface area contributed by atoms with Gasteiger partial charge in [0, 0.05) is 16.7 Å². The number of halogens is 1. The largest absolute Gasteiger partial charge is 0.495 e. The van der Waals surface area contributed by atoms with Gasteiger partial charge in [0.1, 0.15) is 11.8 Å². The van der Waals surface area contributed by atoms with E-state index in [1.165, 1.54) is 5.56 Å². The van der Waals surface area contributed by atoms with Crippen LogP contribution in [-0.4, -0.2) is 7.11 Å². The van der Waals surface area contributed by atoms with Crippen LogP contribution in [0.5, 0.6) is 5.75 Å². The Morgan fingerprint density at radius 3 is 2.70 bits per heavy atom. The van der Waals surface area contributed by atoms with E-state index in [1.807, 2.05) is 24.3 Å². The lowest BCUT2D eigenvalue weighted by Crippen LogP contribution is -2.01. The van der Waals surface area contributed by atoms with Gasteiger partial charge in [-0.1, -0.05) is 22.0 Å². The van der Waals surface area contributed by atoms with Crippen LogP contribution in [0, 0.1) is 18.3 Å². The van der Waals surface area contributed by atoms with E-state index < -0.39 is 0 Å². The van der Waals surface area contributed by atoms with Crippen molar-refractivity contribution in [3.63, 3.8) is 0 Å². The summed E-state index contributed by atoms with van der Waals surface area (Å²) in [5, 5.41) is 12.3. The maximum absolute atomic E-state index is 8.96. The average Bonchev–Trinajstić information content (AvgIpc) is 2.46. The predicted molar refractivity (Wildman–Crippen MR) is 83.9 cm³/mol. The highest BCUT2D eigenvalue weighted by atomic mass is 79.9. The van der Waals surface area contributed by atoms with E-state index in [-0.39, 0.29) is 0 Å². The molecule has 0 unspecified atom stereocenters. The summed E-state index contributed by atoms with van der Waals surface area (Å²) in [6.07, 6.45) is 0. The molecule has 4 heteroatoms. The van der Waals surface area contributed by atoms with Crippen LogP contribution in [0.25, 0.3) is 0 Å². The standard InChI is InChI=1S/C16H15BrN2O/c1-11-7-14(17)5-6-15(11)19-10-12-3-4-13(9-18)16(8-12)20-2/h3-8,19H,10H2,1-2H3. The second kappa shape index (κ2) is 6.44. The topological polar surface area (TPSA) is 45.0 Å². The third kappa shape index (κ3) is 3.31. The van der Waals surface area contributed by atoms with E-state index in [2.05, 4.69) is 40.3 Å². The van der Waals surface area contributed by atoms with E-state index in [1.54, 1.807) is 13.2 Å². The van der Waals surface area contributed by atoms with Crippen molar-refractivity contribution in [3.8, 4) is 11.8 Å². The highest BCUT2D eigenvalue weighted by molar-refractivity contribution is 9.10. The summed E-state index contributed by atoms with van der Waals surface area (Å²) in [4.78, 5) is 0. The van der Waals surface area contributed by atoms with Crippen molar-refractivity contribution in [1.82, 2.24) is 0 Å². The number of hydrogen-bond acceptors (Lipinski definition) is 3. The minimum Gasteiger partial charge on any atom is -0.495 e. The first-order valence-electron chi connectivity index (χ1n) is 6.21. The van der Waals surface area contributed by atoms with Gasteiger partial charge in [0.2, 0.25) is 0 Å². The van der Waals surface area contributed by atoms with Crippen LogP contribution >= 0.6 is 15.9 Å². The molecular weight excluding hydrogens is 316 g/mol. The lowest BCUT2D eigenvalue weighted by molar-refractivity contribution is 0.413. The molecule has 2 rings (SSSR count). The maximum Gasteiger partial charge on any atom is 0.136 e. The molecule has 0 bridgehead atoms. The van der Waals surface area contributed by atoms with Crippen LogP contribution in [0.4, 0.5) is 5.69 Å². The highest BCUT2D eigenvalue weighted by Gasteiger charge is 2.04. The summed E-state index contributed by atoms with van der Waals surface area (Å²) < 4.78 is 6.28. The molecule has 20 heavy (non-hydrogen) atoms. The third-order valence-electron chi connectivity index (χ3n) is 3.06. The number of anilines is 1. The molecule has 0 fully saturated rings. The van der Waals surface area contributed by atoms with Crippen molar-refractivity contribution >= 4 is 21.6 Å². The van der Waals surface area contributed by atoms with Gasteiger partial charge in [-0.15, -0.1) is 0 Å². The molecule has 0 heterocycles. The molecule has 2 aromatic carbocycles. The molecular formula is C16H15BrN2O. The molecule has 0 aliphatic rings. The number of methoxy groups -OCH3 is 1. The molecule has 3 nitrogen and oxygen atoms in total. The first-order valence-corrected chi connectivity index (χ1v) is 7.00. The monoisotopic (exact) mass is 330 g/mol. The van der Waals surface area contributed by atoms with Gasteiger partial charge in [0.05, 0.1) is 12.7 Å². The fraction of sp³-hybridized carbons (Fsp3) is 0.188. The fourth-order valence-electron chi connectivity index (χ4n) is 1.96. The van der Waals surface area contributed by atoms with Crippen molar-refractivity contribution in [2.24, 2.45) is 0 Å². The summed E-state index contributed by atoms with van der Waals surface area (Å²) >= 11 is 3.45. The normalized spacial score (nSPS) is 9.90. The van der Waals surface area contributed by atoms with Gasteiger partial charge in [0.15, 0.2) is 0 Å². The Hall–Kier alpha value is -1.99. The lowest BCUT2D eigenvalue weighted by Gasteiger charge is -2.11. The zero-order valence-electron chi connectivity index (χ0n) is 11.4. The Bertz CT molecular complexity index is 662. The number of nitriles is 1. The molecule has 102 valence electrons. The molecule has 0 radical (unpaired) electrons. The summed E-state index contributed by atoms with van der Waals surface area (Å²) in [6.45, 7) is 2.75. The van der Waals surface area contributed by atoms with E-state index in [4.69, 9.17) is 10.00 Å². The molecule has 0 aliphatic carbocycles. The van der Waals surface area contributed by atoms with Crippen molar-refractivity contribution < 1.29 is 4.74 Å². The second-order valence-electron chi connectivity index (χ2n) is 4.46. The van der Waals surface area contributed by atoms with Crippen LogP contribution in [0.2, 0.25) is 0 Å². The summed E-state index contributed by atoms with van der Waals surface area (Å²) in [5.74, 6) is 0.610. The first-order chi connectivity index (χ1) is 9.63. The van der Waals surface area contributed by atoms with Crippen molar-refractivity contribution in [2.45, 2.75) is 13.5 Å². The van der Waals surface area contributed by atoms with E-state index in [0.29, 0.717) is 17.9 Å². The van der Waals surface area contributed by atoms with Gasteiger partial charge < -0.3 is 10.1 Å². The number of hydrogen-bond donors (Lipinski definition) is 1. The Morgan fingerprint density at radius 2 is 2.05 bits per heavy atom. The number of rotatable bonds is 4. The van der Waals surface area contributed by atoms with Crippen molar-refractivity contribution in [1.29, 1.82) is 5.26 Å². The quantitative estimate of drug-likeness (QED) is 0.911. The zero-order chi connectivity index (χ0) is 14.5. The van der Waals surface area contributed by atoms with Crippen molar-refractivity contribution in [3.05, 3.63) is 57.6 Å². The SMILES string of the molecule is COc1cc(CNc2ccc(Br)cc2C)ccc1C#N. The lowest BCUT2D eigenvalue weighted by atomic mass is 10.1. The fourth-order valence-corrected chi connectivity index (χ4v) is 2.44. The van der Waals surface area contributed by atoms with Crippen LogP contribution in [0.3, 0.4) is 0 Å². The summed E-state index contributed by atoms with van der Waals surface area (Å²) in [6, 6.07) is 13.8. The Kier molecular flexibility index (Phi) is 4.65. The minimum atomic E-state index is 0.552. The van der Waals surface area contributed by atoms with E-state index >= 15 is 0 Å². The minimum absolute atomic E-state index is 0.552. The Balaban J connectivity index is 2.13. The van der Waals surface area contributed by atoms with Crippen LogP contribution in [0.15, 0.2) is 40.9 Å². The average molecular weight is 331 g/mol. The third-order valence-corrected chi connectivity index (χ3v) is 3.55. The molecule has 0 saturated heterocycles. The number of benzene rings is 2. The number of nitrogens with one attached hydrogen (secondary N) is 1. The van der Waals surface area contributed by atoms with Crippen LogP contribution in [0.1, 0.15) is 16.7 Å². The Morgan fingerprint density at radius 1 is 1.25 bits per heavy atom. The first kappa shape index (κ1) is 14.4. The Labute approximate surface area is 127 Å². The van der Waals surface area contributed by atoms with Gasteiger partial charge in [-0.05, 0) is 48.4 Å². The molecule has 0 aromatic heterocycles. The van der Waals surface area contributed by atoms with Gasteiger partial charge in [-0.3, -0.25) is 0 Å². The van der Waals surface area contributed by atoms with Crippen molar-refractivity contribution in [2.75, 3.05) is 12.4 Å². The molecule has 1 N–H and O–H groups in total. The number of nitrogens with zero attached hydrogens (tertiary/aromatic N) is 1. The highest BCUT2D eigenvalue weighted by Crippen LogP contribution is 2.22.